The van der Waals surface area contributed by atoms with Gasteiger partial charge in [-0.3, -0.25) is 0 Å². The zero-order valence-corrected chi connectivity index (χ0v) is 5.49. The summed E-state index contributed by atoms with van der Waals surface area (Å²) in [5.41, 5.74) is 0. The average Bonchev–Trinajstić information content (AvgIpc) is 1.57. The number of rotatable bonds is 2. The lowest BCUT2D eigenvalue weighted by atomic mass is 10.7. The van der Waals surface area contributed by atoms with Gasteiger partial charge in [-0.05, 0) is 0 Å². The van der Waals surface area contributed by atoms with Crippen molar-refractivity contribution in [3.8, 4) is 0 Å². The molecule has 0 amide bonds. The Labute approximate surface area is 54.3 Å². The molecule has 8 heteroatoms. The van der Waals surface area contributed by atoms with Crippen molar-refractivity contribution in [1.82, 2.24) is 5.09 Å². The van der Waals surface area contributed by atoms with E-state index in [1.807, 2.05) is 0 Å². The van der Waals surface area contributed by atoms with E-state index < -0.39 is 20.5 Å². The predicted molar refractivity (Wildman–Crippen MR) is 26.1 cm³/mol. The molecule has 0 aromatic rings. The van der Waals surface area contributed by atoms with Gasteiger partial charge >= 0.3 is 13.9 Å². The summed E-state index contributed by atoms with van der Waals surface area (Å²) in [6, 6.07) is 0. The van der Waals surface area contributed by atoms with Crippen molar-refractivity contribution in [3.05, 3.63) is 0 Å². The van der Waals surface area contributed by atoms with Gasteiger partial charge in [-0.15, -0.1) is 0 Å². The summed E-state index contributed by atoms with van der Waals surface area (Å²) >= 11 is 0. The van der Waals surface area contributed by atoms with E-state index in [0.717, 1.165) is 5.09 Å². The lowest BCUT2D eigenvalue weighted by molar-refractivity contribution is -0.122. The van der Waals surface area contributed by atoms with Gasteiger partial charge in [0, 0.05) is 0 Å². The highest BCUT2D eigenvalue weighted by Crippen LogP contribution is 2.29. The molecule has 0 aliphatic rings. The minimum absolute atomic E-state index is 1.00. The minimum Gasteiger partial charge on any atom is -0.313 e. The number of hydrogen-bond acceptors (Lipinski definition) is 1. The Hall–Kier alpha value is -0.100. The number of hydrogen-bond donors (Lipinski definition) is 3. The van der Waals surface area contributed by atoms with Crippen molar-refractivity contribution >= 4 is 7.75 Å². The van der Waals surface area contributed by atoms with E-state index in [4.69, 9.17) is 9.79 Å². The van der Waals surface area contributed by atoms with Crippen LogP contribution in [-0.2, 0) is 4.57 Å². The molecule has 0 aromatic heterocycles. The molecule has 0 saturated carbocycles. The third kappa shape index (κ3) is 7.90. The molecular formula is C2H5F3NO3P. The van der Waals surface area contributed by atoms with E-state index in [1.165, 1.54) is 0 Å². The minimum atomic E-state index is -4.73. The van der Waals surface area contributed by atoms with Crippen molar-refractivity contribution in [3.63, 3.8) is 0 Å². The Kier molecular flexibility index (Phi) is 2.85. The highest BCUT2D eigenvalue weighted by atomic mass is 31.2. The summed E-state index contributed by atoms with van der Waals surface area (Å²) in [4.78, 5) is 15.8. The molecule has 0 fully saturated rings. The topological polar surface area (TPSA) is 69.6 Å². The van der Waals surface area contributed by atoms with E-state index >= 15 is 0 Å². The lowest BCUT2D eigenvalue weighted by Crippen LogP contribution is -2.26. The van der Waals surface area contributed by atoms with Crippen LogP contribution in [0.3, 0.4) is 0 Å². The van der Waals surface area contributed by atoms with Crippen LogP contribution in [0.1, 0.15) is 0 Å². The van der Waals surface area contributed by atoms with Crippen LogP contribution in [0.25, 0.3) is 0 Å². The Morgan fingerprint density at radius 1 is 1.40 bits per heavy atom. The first-order valence-corrected chi connectivity index (χ1v) is 3.69. The molecule has 0 radical (unpaired) electrons. The van der Waals surface area contributed by atoms with E-state index in [1.54, 1.807) is 0 Å². The van der Waals surface area contributed by atoms with Crippen LogP contribution in [0.4, 0.5) is 13.2 Å². The standard InChI is InChI=1S/C2H5F3NO3P/c3-2(4,5)1-6-10(7,8)9/h1H2,(H3,6,7,8,9). The number of alkyl halides is 3. The first kappa shape index (κ1) is 9.90. The largest absolute Gasteiger partial charge is 0.401 e. The van der Waals surface area contributed by atoms with Crippen LogP contribution >= 0.6 is 7.75 Å². The van der Waals surface area contributed by atoms with Gasteiger partial charge in [0.25, 0.3) is 0 Å². The van der Waals surface area contributed by atoms with Gasteiger partial charge in [-0.2, -0.15) is 13.2 Å². The Morgan fingerprint density at radius 2 is 1.80 bits per heavy atom. The molecule has 62 valence electrons. The second-order valence-electron chi connectivity index (χ2n) is 1.49. The average molecular weight is 179 g/mol. The Bertz CT molecular complexity index is 150. The van der Waals surface area contributed by atoms with Crippen molar-refractivity contribution in [2.45, 2.75) is 6.18 Å². The van der Waals surface area contributed by atoms with Gasteiger partial charge in [-0.1, -0.05) is 0 Å². The molecule has 0 aliphatic heterocycles. The van der Waals surface area contributed by atoms with E-state index in [2.05, 4.69) is 0 Å². The molecule has 0 aliphatic carbocycles. The fourth-order valence-electron chi connectivity index (χ4n) is 0.193. The fourth-order valence-corrected chi connectivity index (χ4v) is 0.578. The van der Waals surface area contributed by atoms with Crippen LogP contribution in [0.2, 0.25) is 0 Å². The molecule has 0 aromatic carbocycles. The van der Waals surface area contributed by atoms with Crippen LogP contribution in [0.15, 0.2) is 0 Å². The first-order valence-electron chi connectivity index (χ1n) is 2.08. The maximum absolute atomic E-state index is 11.2. The summed E-state index contributed by atoms with van der Waals surface area (Å²) in [5.74, 6) is 0. The van der Waals surface area contributed by atoms with Gasteiger partial charge in [0.1, 0.15) is 6.54 Å². The molecule has 0 unspecified atom stereocenters. The summed E-state index contributed by atoms with van der Waals surface area (Å²) in [6.07, 6.45) is -4.60. The van der Waals surface area contributed by atoms with Crippen LogP contribution < -0.4 is 5.09 Å². The van der Waals surface area contributed by atoms with Gasteiger partial charge in [0.2, 0.25) is 0 Å². The van der Waals surface area contributed by atoms with E-state index in [0.29, 0.717) is 0 Å². The summed E-state index contributed by atoms with van der Waals surface area (Å²) in [7, 11) is -4.73. The zero-order valence-electron chi connectivity index (χ0n) is 4.59. The number of halogens is 3. The van der Waals surface area contributed by atoms with Crippen molar-refractivity contribution in [2.24, 2.45) is 0 Å². The van der Waals surface area contributed by atoms with E-state index in [9.17, 15) is 17.7 Å². The molecule has 3 N–H and O–H groups in total. The van der Waals surface area contributed by atoms with Crippen molar-refractivity contribution in [1.29, 1.82) is 0 Å². The number of nitrogens with one attached hydrogen (secondary N) is 1. The monoisotopic (exact) mass is 179 g/mol. The maximum atomic E-state index is 11.2. The van der Waals surface area contributed by atoms with Gasteiger partial charge in [0.05, 0.1) is 0 Å². The first-order chi connectivity index (χ1) is 4.21. The summed E-state index contributed by atoms with van der Waals surface area (Å²) in [5, 5.41) is 1.00. The molecule has 0 heterocycles. The van der Waals surface area contributed by atoms with Crippen LogP contribution in [-0.4, -0.2) is 22.5 Å². The molecule has 0 rings (SSSR count). The quantitative estimate of drug-likeness (QED) is 0.530. The van der Waals surface area contributed by atoms with Gasteiger partial charge < -0.3 is 9.79 Å². The highest BCUT2D eigenvalue weighted by molar-refractivity contribution is 7.49. The molecule has 4 nitrogen and oxygen atoms in total. The molecule has 0 bridgehead atoms. The zero-order chi connectivity index (χ0) is 8.41. The normalized spacial score (nSPS) is 13.7. The summed E-state index contributed by atoms with van der Waals surface area (Å²) in [6.45, 7) is -1.68. The van der Waals surface area contributed by atoms with Crippen molar-refractivity contribution < 1.29 is 27.5 Å². The molecule has 0 saturated heterocycles. The molecule has 0 spiro atoms. The second kappa shape index (κ2) is 2.87. The van der Waals surface area contributed by atoms with Crippen LogP contribution in [0, 0.1) is 0 Å². The summed E-state index contributed by atoms with van der Waals surface area (Å²) < 4.78 is 43.3. The third-order valence-electron chi connectivity index (χ3n) is 0.485. The van der Waals surface area contributed by atoms with Gasteiger partial charge in [-0.25, -0.2) is 9.65 Å². The van der Waals surface area contributed by atoms with E-state index in [-0.39, 0.29) is 0 Å². The Balaban J connectivity index is 3.67. The maximum Gasteiger partial charge on any atom is 0.401 e. The van der Waals surface area contributed by atoms with Crippen molar-refractivity contribution in [2.75, 3.05) is 6.54 Å². The highest BCUT2D eigenvalue weighted by Gasteiger charge is 2.30. The van der Waals surface area contributed by atoms with Gasteiger partial charge in [0.15, 0.2) is 0 Å². The fraction of sp³-hybridized carbons (Fsp3) is 1.00. The molecular weight excluding hydrogens is 174 g/mol. The van der Waals surface area contributed by atoms with Crippen LogP contribution in [0.5, 0.6) is 0 Å². The Morgan fingerprint density at radius 3 is 1.90 bits per heavy atom. The second-order valence-corrected chi connectivity index (χ2v) is 2.90. The lowest BCUT2D eigenvalue weighted by Gasteiger charge is -2.08. The SMILES string of the molecule is O=P(O)(O)NCC(F)(F)F. The molecule has 10 heavy (non-hydrogen) atoms. The smallest absolute Gasteiger partial charge is 0.313 e. The predicted octanol–water partition coefficient (Wildman–Crippen LogP) is 0.231. The molecule has 0 atom stereocenters. The third-order valence-corrected chi connectivity index (χ3v) is 1.06.